The average Bonchev–Trinajstić information content (AvgIpc) is 3.19. The molecule has 1 aromatic carbocycles. The lowest BCUT2D eigenvalue weighted by Gasteiger charge is -2.14. The number of nitrogens with zero attached hydrogens (tertiary/aromatic N) is 3. The number of urea groups is 1. The van der Waals surface area contributed by atoms with Gasteiger partial charge in [0.25, 0.3) is 0 Å². The summed E-state index contributed by atoms with van der Waals surface area (Å²) in [5, 5.41) is 6.76. The Bertz CT molecular complexity index is 652. The molecule has 0 saturated carbocycles. The van der Waals surface area contributed by atoms with Crippen LogP contribution in [-0.4, -0.2) is 41.5 Å². The first-order valence-electron chi connectivity index (χ1n) is 7.04. The molecule has 7 nitrogen and oxygen atoms in total. The van der Waals surface area contributed by atoms with Gasteiger partial charge in [-0.1, -0.05) is 0 Å². The number of nitrogens with one attached hydrogen (secondary N) is 1. The lowest BCUT2D eigenvalue weighted by molar-refractivity contribution is 0.0487. The number of aromatic nitrogens is 2. The van der Waals surface area contributed by atoms with Crippen LogP contribution in [-0.2, 0) is 11.3 Å². The molecule has 1 aliphatic heterocycles. The lowest BCUT2D eigenvalue weighted by Crippen LogP contribution is -2.27. The van der Waals surface area contributed by atoms with Crippen molar-refractivity contribution in [2.75, 3.05) is 24.6 Å². The van der Waals surface area contributed by atoms with Crippen LogP contribution in [0.15, 0.2) is 42.7 Å². The van der Waals surface area contributed by atoms with Gasteiger partial charge in [-0.2, -0.15) is 5.10 Å². The van der Waals surface area contributed by atoms with Crippen molar-refractivity contribution in [3.8, 4) is 0 Å². The van der Waals surface area contributed by atoms with Crippen molar-refractivity contribution in [1.82, 2.24) is 15.1 Å². The minimum Gasteiger partial charge on any atom is -0.460 e. The van der Waals surface area contributed by atoms with E-state index in [9.17, 15) is 9.59 Å². The number of anilines is 1. The van der Waals surface area contributed by atoms with Crippen molar-refractivity contribution in [2.45, 2.75) is 6.54 Å². The number of esters is 1. The summed E-state index contributed by atoms with van der Waals surface area (Å²) in [6.07, 6.45) is 3.48. The van der Waals surface area contributed by atoms with Gasteiger partial charge in [-0.3, -0.25) is 9.58 Å². The number of amides is 2. The summed E-state index contributed by atoms with van der Waals surface area (Å²) < 4.78 is 6.89. The molecule has 1 fully saturated rings. The molecule has 2 amide bonds. The number of hydrogen-bond donors (Lipinski definition) is 1. The van der Waals surface area contributed by atoms with E-state index in [1.807, 2.05) is 12.3 Å². The molecule has 0 bridgehead atoms. The number of carbonyl (C=O) groups is 2. The molecule has 1 aromatic heterocycles. The maximum Gasteiger partial charge on any atom is 0.338 e. The van der Waals surface area contributed by atoms with E-state index < -0.39 is 0 Å². The third kappa shape index (κ3) is 3.08. The Morgan fingerprint density at radius 1 is 1.32 bits per heavy atom. The minimum absolute atomic E-state index is 0.116. The Labute approximate surface area is 127 Å². The summed E-state index contributed by atoms with van der Waals surface area (Å²) in [6.45, 7) is 2.05. The molecule has 0 radical (unpaired) electrons. The summed E-state index contributed by atoms with van der Waals surface area (Å²) in [7, 11) is 0. The van der Waals surface area contributed by atoms with Crippen LogP contribution in [0.3, 0.4) is 0 Å². The van der Waals surface area contributed by atoms with E-state index in [0.29, 0.717) is 25.2 Å². The molecule has 2 heterocycles. The van der Waals surface area contributed by atoms with Crippen LogP contribution in [0.5, 0.6) is 0 Å². The quantitative estimate of drug-likeness (QED) is 0.844. The summed E-state index contributed by atoms with van der Waals surface area (Å²) in [5.74, 6) is -0.385. The Morgan fingerprint density at radius 3 is 2.77 bits per heavy atom. The lowest BCUT2D eigenvalue weighted by atomic mass is 10.2. The first-order chi connectivity index (χ1) is 10.7. The Morgan fingerprint density at radius 2 is 2.14 bits per heavy atom. The van der Waals surface area contributed by atoms with E-state index >= 15 is 0 Å². The van der Waals surface area contributed by atoms with Crippen LogP contribution in [0.2, 0.25) is 0 Å². The van der Waals surface area contributed by atoms with Gasteiger partial charge in [0.2, 0.25) is 0 Å². The van der Waals surface area contributed by atoms with Crippen LogP contribution in [0.4, 0.5) is 10.5 Å². The first-order valence-corrected chi connectivity index (χ1v) is 7.04. The molecule has 3 rings (SSSR count). The second-order valence-electron chi connectivity index (χ2n) is 4.84. The fraction of sp³-hybridized carbons (Fsp3) is 0.267. The molecule has 0 aliphatic carbocycles. The van der Waals surface area contributed by atoms with Crippen molar-refractivity contribution in [1.29, 1.82) is 0 Å². The van der Waals surface area contributed by atoms with E-state index in [1.165, 1.54) is 0 Å². The number of carbonyl (C=O) groups excluding carboxylic acids is 2. The normalized spacial score (nSPS) is 14.0. The second kappa shape index (κ2) is 6.30. The summed E-state index contributed by atoms with van der Waals surface area (Å²) in [4.78, 5) is 25.1. The Balaban J connectivity index is 1.55. The number of hydrogen-bond acceptors (Lipinski definition) is 4. The van der Waals surface area contributed by atoms with Gasteiger partial charge in [0.05, 0.1) is 12.1 Å². The maximum absolute atomic E-state index is 11.9. The van der Waals surface area contributed by atoms with Crippen molar-refractivity contribution >= 4 is 17.7 Å². The third-order valence-corrected chi connectivity index (χ3v) is 3.38. The fourth-order valence-electron chi connectivity index (χ4n) is 2.24. The highest BCUT2D eigenvalue weighted by Crippen LogP contribution is 2.17. The van der Waals surface area contributed by atoms with Gasteiger partial charge in [-0.05, 0) is 30.3 Å². The molecule has 0 spiro atoms. The zero-order valence-corrected chi connectivity index (χ0v) is 11.9. The predicted octanol–water partition coefficient (Wildman–Crippen LogP) is 1.27. The minimum atomic E-state index is -0.385. The van der Waals surface area contributed by atoms with Gasteiger partial charge >= 0.3 is 12.0 Å². The molecule has 114 valence electrons. The molecule has 22 heavy (non-hydrogen) atoms. The van der Waals surface area contributed by atoms with E-state index in [2.05, 4.69) is 10.4 Å². The number of rotatable bonds is 5. The molecule has 2 aromatic rings. The highest BCUT2D eigenvalue weighted by Gasteiger charge is 2.21. The van der Waals surface area contributed by atoms with Crippen molar-refractivity contribution in [3.05, 3.63) is 48.3 Å². The summed E-state index contributed by atoms with van der Waals surface area (Å²) in [5.41, 5.74) is 1.23. The van der Waals surface area contributed by atoms with Crippen LogP contribution < -0.4 is 10.2 Å². The predicted molar refractivity (Wildman–Crippen MR) is 79.7 cm³/mol. The van der Waals surface area contributed by atoms with Crippen molar-refractivity contribution < 1.29 is 14.3 Å². The number of ether oxygens (including phenoxy) is 1. The third-order valence-electron chi connectivity index (χ3n) is 3.38. The summed E-state index contributed by atoms with van der Waals surface area (Å²) >= 11 is 0. The SMILES string of the molecule is O=C(OCCn1cccn1)c1ccc(N2CCNC2=O)cc1. The van der Waals surface area contributed by atoms with Gasteiger partial charge in [-0.25, -0.2) is 9.59 Å². The topological polar surface area (TPSA) is 76.5 Å². The smallest absolute Gasteiger partial charge is 0.338 e. The number of benzene rings is 1. The molecule has 1 aliphatic rings. The zero-order valence-electron chi connectivity index (χ0n) is 11.9. The van der Waals surface area contributed by atoms with Crippen LogP contribution in [0, 0.1) is 0 Å². The van der Waals surface area contributed by atoms with E-state index in [-0.39, 0.29) is 18.6 Å². The molecular weight excluding hydrogens is 284 g/mol. The van der Waals surface area contributed by atoms with Crippen LogP contribution >= 0.6 is 0 Å². The molecule has 1 saturated heterocycles. The Kier molecular flexibility index (Phi) is 4.04. The van der Waals surface area contributed by atoms with Crippen molar-refractivity contribution in [2.24, 2.45) is 0 Å². The zero-order chi connectivity index (χ0) is 15.4. The maximum atomic E-state index is 11.9. The van der Waals surface area contributed by atoms with Gasteiger partial charge in [-0.15, -0.1) is 0 Å². The van der Waals surface area contributed by atoms with Crippen LogP contribution in [0.1, 0.15) is 10.4 Å². The first kappa shape index (κ1) is 14.1. The standard InChI is InChI=1S/C15H16N4O3/c20-14(22-11-10-18-8-1-6-17-18)12-2-4-13(5-3-12)19-9-7-16-15(19)21/h1-6,8H,7,9-11H2,(H,16,21). The average molecular weight is 300 g/mol. The molecular formula is C15H16N4O3. The second-order valence-corrected chi connectivity index (χ2v) is 4.84. The van der Waals surface area contributed by atoms with E-state index in [0.717, 1.165) is 5.69 Å². The molecule has 0 atom stereocenters. The van der Waals surface area contributed by atoms with Gasteiger partial charge in [0, 0.05) is 31.2 Å². The van der Waals surface area contributed by atoms with Crippen LogP contribution in [0.25, 0.3) is 0 Å². The monoisotopic (exact) mass is 300 g/mol. The van der Waals surface area contributed by atoms with Gasteiger partial charge in [0.1, 0.15) is 6.61 Å². The fourth-order valence-corrected chi connectivity index (χ4v) is 2.24. The van der Waals surface area contributed by atoms with E-state index in [4.69, 9.17) is 4.74 Å². The van der Waals surface area contributed by atoms with E-state index in [1.54, 1.807) is 40.0 Å². The van der Waals surface area contributed by atoms with Crippen molar-refractivity contribution in [3.63, 3.8) is 0 Å². The largest absolute Gasteiger partial charge is 0.460 e. The highest BCUT2D eigenvalue weighted by atomic mass is 16.5. The van der Waals surface area contributed by atoms with Gasteiger partial charge in [0.15, 0.2) is 0 Å². The molecule has 7 heteroatoms. The Hall–Kier alpha value is -2.83. The highest BCUT2D eigenvalue weighted by molar-refractivity contribution is 5.95. The molecule has 0 unspecified atom stereocenters. The molecule has 1 N–H and O–H groups in total. The summed E-state index contributed by atoms with van der Waals surface area (Å²) in [6, 6.07) is 8.52. The van der Waals surface area contributed by atoms with Gasteiger partial charge < -0.3 is 10.1 Å².